The third-order valence-corrected chi connectivity index (χ3v) is 0. The van der Waals surface area contributed by atoms with Crippen molar-refractivity contribution < 1.29 is 71.9 Å². The van der Waals surface area contributed by atoms with E-state index in [1.165, 1.54) is 0 Å². The molecule has 0 heterocycles. The van der Waals surface area contributed by atoms with Gasteiger partial charge in [-0.1, -0.05) is 41.5 Å². The fraction of sp³-hybridized carbons (Fsp3) is 1.00. The molecule has 0 fully saturated rings. The molecule has 0 spiro atoms. The monoisotopic (exact) mass is 370 g/mol. The van der Waals surface area contributed by atoms with Crippen LogP contribution in [-0.4, -0.2) is 39.6 Å². The van der Waals surface area contributed by atoms with Gasteiger partial charge in [0, 0.05) is 0 Å². The van der Waals surface area contributed by atoms with Crippen molar-refractivity contribution in [2.24, 2.45) is 0 Å². The zero-order valence-electron chi connectivity index (χ0n) is 14.1. The first-order chi connectivity index (χ1) is 8.49. The number of rotatable bonds is 0. The summed E-state index contributed by atoms with van der Waals surface area (Å²) in [7, 11) is 0. The molecule has 8 heteroatoms. The molecule has 0 rings (SSSR count). The predicted molar refractivity (Wildman–Crippen MR) is 63.2 cm³/mol. The van der Waals surface area contributed by atoms with Gasteiger partial charge in [0.25, 0.3) is 0 Å². The third kappa shape index (κ3) is 5190. The first kappa shape index (κ1) is 49.7. The van der Waals surface area contributed by atoms with Crippen molar-refractivity contribution in [3.05, 3.63) is 0 Å². The van der Waals surface area contributed by atoms with Crippen LogP contribution in [0.25, 0.3) is 0 Å². The van der Waals surface area contributed by atoms with Gasteiger partial charge in [-0.15, -0.1) is 39.6 Å². The summed E-state index contributed by atoms with van der Waals surface area (Å²) < 4.78 is 0. The Bertz CT molecular complexity index is 43.4. The molecule has 0 unspecified atom stereocenters. The predicted octanol–water partition coefficient (Wildman–Crippen LogP) is -6.80. The Morgan fingerprint density at radius 2 is 0.400 bits per heavy atom. The Balaban J connectivity index is -0.0000000141. The molecule has 0 aromatic heterocycles. The van der Waals surface area contributed by atoms with Crippen LogP contribution in [0.1, 0.15) is 41.5 Å². The van der Waals surface area contributed by atoms with Gasteiger partial charge < -0.3 is 30.6 Å². The fourth-order valence-corrected chi connectivity index (χ4v) is 0. The SMILES string of the molecule is CC[O-].CC[O-].CC[O-].CC[O-].CC[O-].CC[O-].[Li+].[Nb+5]. The Hall–Kier alpha value is 1.10. The van der Waals surface area contributed by atoms with Crippen LogP contribution in [-0.2, 0) is 22.4 Å². The van der Waals surface area contributed by atoms with Crippen molar-refractivity contribution in [3.8, 4) is 0 Å². The second-order valence-electron chi connectivity index (χ2n) is 1.73. The van der Waals surface area contributed by atoms with Crippen LogP contribution in [0.5, 0.6) is 0 Å². The minimum absolute atomic E-state index is 0. The Labute approximate surface area is 152 Å². The first-order valence-electron chi connectivity index (χ1n) is 5.97. The van der Waals surface area contributed by atoms with E-state index < -0.39 is 0 Å². The maximum Gasteiger partial charge on any atom is 5.00 e. The molecule has 0 amide bonds. The average Bonchev–Trinajstić information content (AvgIpc) is 2.23. The molecule has 0 radical (unpaired) electrons. The molecule has 0 aromatic carbocycles. The van der Waals surface area contributed by atoms with E-state index in [2.05, 4.69) is 0 Å². The van der Waals surface area contributed by atoms with E-state index in [9.17, 15) is 0 Å². The first-order valence-corrected chi connectivity index (χ1v) is 5.97. The van der Waals surface area contributed by atoms with Crippen LogP contribution < -0.4 is 49.5 Å². The molecule has 0 saturated carbocycles. The Morgan fingerprint density at radius 3 is 0.400 bits per heavy atom. The Kier molecular flexibility index (Phi) is 361. The molecule has 6 nitrogen and oxygen atoms in total. The van der Waals surface area contributed by atoms with Crippen molar-refractivity contribution in [1.29, 1.82) is 0 Å². The van der Waals surface area contributed by atoms with Crippen LogP contribution in [0.2, 0.25) is 0 Å². The largest absolute Gasteiger partial charge is 5.00 e. The molecule has 0 aliphatic carbocycles. The summed E-state index contributed by atoms with van der Waals surface area (Å²) in [5.74, 6) is 0. The standard InChI is InChI=1S/6C2H5O.Li.Nb/c6*1-2-3;;/h6*2H2,1H3;;/q6*-1;+1;+5. The summed E-state index contributed by atoms with van der Waals surface area (Å²) in [6.45, 7) is 9.42. The van der Waals surface area contributed by atoms with Gasteiger partial charge in [0.2, 0.25) is 0 Å². The van der Waals surface area contributed by atoms with Crippen LogP contribution in [0, 0.1) is 0 Å². The zero-order valence-corrected chi connectivity index (χ0v) is 16.3. The number of hydrogen-bond acceptors (Lipinski definition) is 6. The molecule has 20 heavy (non-hydrogen) atoms. The summed E-state index contributed by atoms with van der Waals surface area (Å²) in [5, 5.41) is 53.6. The van der Waals surface area contributed by atoms with Gasteiger partial charge in [0.05, 0.1) is 0 Å². The smallest absolute Gasteiger partial charge is 0.855 e. The van der Waals surface area contributed by atoms with Crippen LogP contribution in [0.15, 0.2) is 0 Å². The van der Waals surface area contributed by atoms with Crippen molar-refractivity contribution in [2.45, 2.75) is 41.5 Å². The maximum absolute atomic E-state index is 8.93. The normalized spacial score (nSPS) is 5.40. The van der Waals surface area contributed by atoms with Gasteiger partial charge in [-0.25, -0.2) is 0 Å². The van der Waals surface area contributed by atoms with E-state index in [1.54, 1.807) is 41.5 Å². The number of hydrogen-bond donors (Lipinski definition) is 0. The maximum atomic E-state index is 8.93. The fourth-order valence-electron chi connectivity index (χ4n) is 0. The van der Waals surface area contributed by atoms with E-state index in [0.717, 1.165) is 0 Å². The van der Waals surface area contributed by atoms with Gasteiger partial charge in [-0.05, 0) is 0 Å². The zero-order chi connectivity index (χ0) is 16.2. The van der Waals surface area contributed by atoms with E-state index in [0.29, 0.717) is 0 Å². The van der Waals surface area contributed by atoms with Gasteiger partial charge >= 0.3 is 41.2 Å². The summed E-state index contributed by atoms with van der Waals surface area (Å²) in [4.78, 5) is 0. The summed E-state index contributed by atoms with van der Waals surface area (Å²) >= 11 is 0. The minimum atomic E-state index is 0. The van der Waals surface area contributed by atoms with Crippen molar-refractivity contribution >= 4 is 0 Å². The van der Waals surface area contributed by atoms with Crippen molar-refractivity contribution in [3.63, 3.8) is 0 Å². The van der Waals surface area contributed by atoms with Crippen molar-refractivity contribution in [1.82, 2.24) is 0 Å². The topological polar surface area (TPSA) is 138 Å². The van der Waals surface area contributed by atoms with Gasteiger partial charge in [0.15, 0.2) is 0 Å². The molecule has 0 aliphatic rings. The minimum Gasteiger partial charge on any atom is -0.855 e. The average molecular weight is 370 g/mol. The van der Waals surface area contributed by atoms with Crippen molar-refractivity contribution in [2.75, 3.05) is 39.6 Å². The van der Waals surface area contributed by atoms with Crippen LogP contribution in [0.3, 0.4) is 0 Å². The van der Waals surface area contributed by atoms with Gasteiger partial charge in [-0.3, -0.25) is 0 Å². The van der Waals surface area contributed by atoms with Gasteiger partial charge in [-0.2, -0.15) is 0 Å². The van der Waals surface area contributed by atoms with E-state index in [4.69, 9.17) is 30.6 Å². The molecule has 0 saturated heterocycles. The summed E-state index contributed by atoms with van der Waals surface area (Å²) in [6, 6.07) is 0. The van der Waals surface area contributed by atoms with E-state index in [-0.39, 0.29) is 80.9 Å². The molecule has 0 N–H and O–H groups in total. The molecule has 0 aliphatic heterocycles. The van der Waals surface area contributed by atoms with E-state index >= 15 is 0 Å². The second kappa shape index (κ2) is 146. The molecular weight excluding hydrogens is 340 g/mol. The molecule has 0 bridgehead atoms. The van der Waals surface area contributed by atoms with E-state index in [1.807, 2.05) is 0 Å². The summed E-state index contributed by atoms with van der Waals surface area (Å²) in [5.41, 5.74) is 0. The molecule has 120 valence electrons. The second-order valence-corrected chi connectivity index (χ2v) is 1.73. The molecule has 0 aromatic rings. The third-order valence-electron chi connectivity index (χ3n) is 0. The molecular formula is C12H30LiNbO6. The van der Waals surface area contributed by atoms with Crippen LogP contribution >= 0.6 is 0 Å². The Morgan fingerprint density at radius 1 is 0.400 bits per heavy atom. The molecule has 0 atom stereocenters. The van der Waals surface area contributed by atoms with Crippen LogP contribution in [0.4, 0.5) is 0 Å². The van der Waals surface area contributed by atoms with Gasteiger partial charge in [0.1, 0.15) is 0 Å². The summed E-state index contributed by atoms with van der Waals surface area (Å²) in [6.07, 6.45) is 0. The quantitative estimate of drug-likeness (QED) is 0.389.